The van der Waals surface area contributed by atoms with Crippen molar-refractivity contribution in [3.8, 4) is 5.75 Å². The Hall–Kier alpha value is -1.07. The van der Waals surface area contributed by atoms with E-state index in [1.165, 1.54) is 4.31 Å². The van der Waals surface area contributed by atoms with Crippen LogP contribution in [0.4, 0.5) is 0 Å². The molecule has 0 saturated heterocycles. The van der Waals surface area contributed by atoms with Gasteiger partial charge in [0.15, 0.2) is 5.96 Å². The molecule has 9 heteroatoms. The highest BCUT2D eigenvalue weighted by molar-refractivity contribution is 14.0. The molecule has 1 aromatic rings. The van der Waals surface area contributed by atoms with Crippen LogP contribution in [-0.4, -0.2) is 64.3 Å². The number of aliphatic imine (C=N–C) groups is 1. The lowest BCUT2D eigenvalue weighted by atomic mass is 10.3. The van der Waals surface area contributed by atoms with Crippen LogP contribution < -0.4 is 15.4 Å². The number of para-hydroxylation sites is 1. The molecule has 0 atom stereocenters. The molecule has 0 saturated carbocycles. The maximum absolute atomic E-state index is 12.1. The maximum Gasteiger partial charge on any atom is 0.215 e. The van der Waals surface area contributed by atoms with E-state index in [0.717, 1.165) is 5.75 Å². The quantitative estimate of drug-likeness (QED) is 0.228. The molecule has 0 radical (unpaired) electrons. The number of guanidine groups is 1. The van der Waals surface area contributed by atoms with E-state index in [9.17, 15) is 8.42 Å². The SMILES string of the molecule is CCN(CC)S(=O)(=O)CCNC(=NC)NCCOc1ccccc1.I. The lowest BCUT2D eigenvalue weighted by Gasteiger charge is -2.19. The van der Waals surface area contributed by atoms with E-state index in [0.29, 0.717) is 38.7 Å². The fourth-order valence-electron chi connectivity index (χ4n) is 2.12. The Bertz CT molecular complexity index is 593. The fourth-order valence-corrected chi connectivity index (χ4v) is 3.53. The van der Waals surface area contributed by atoms with E-state index in [1.807, 2.05) is 44.2 Å². The lowest BCUT2D eigenvalue weighted by Crippen LogP contribution is -2.43. The Morgan fingerprint density at radius 3 is 2.28 bits per heavy atom. The molecule has 1 aromatic carbocycles. The van der Waals surface area contributed by atoms with E-state index in [4.69, 9.17) is 4.74 Å². The summed E-state index contributed by atoms with van der Waals surface area (Å²) < 4.78 is 31.2. The lowest BCUT2D eigenvalue weighted by molar-refractivity contribution is 0.322. The average molecular weight is 484 g/mol. The number of ether oxygens (including phenoxy) is 1. The molecule has 0 aliphatic heterocycles. The molecule has 144 valence electrons. The van der Waals surface area contributed by atoms with E-state index in [1.54, 1.807) is 7.05 Å². The van der Waals surface area contributed by atoms with Crippen LogP contribution in [0.25, 0.3) is 0 Å². The summed E-state index contributed by atoms with van der Waals surface area (Å²) in [6.07, 6.45) is 0. The summed E-state index contributed by atoms with van der Waals surface area (Å²) in [5, 5.41) is 6.09. The molecule has 0 aliphatic rings. The zero-order chi connectivity index (χ0) is 17.8. The summed E-state index contributed by atoms with van der Waals surface area (Å²) >= 11 is 0. The highest BCUT2D eigenvalue weighted by atomic mass is 127. The predicted octanol–water partition coefficient (Wildman–Crippen LogP) is 1.52. The smallest absolute Gasteiger partial charge is 0.215 e. The molecule has 25 heavy (non-hydrogen) atoms. The molecule has 0 aliphatic carbocycles. The van der Waals surface area contributed by atoms with E-state index in [2.05, 4.69) is 15.6 Å². The van der Waals surface area contributed by atoms with Gasteiger partial charge in [-0.1, -0.05) is 32.0 Å². The largest absolute Gasteiger partial charge is 0.492 e. The number of halogens is 1. The van der Waals surface area contributed by atoms with Crippen molar-refractivity contribution in [3.63, 3.8) is 0 Å². The van der Waals surface area contributed by atoms with Crippen LogP contribution in [0, 0.1) is 0 Å². The zero-order valence-corrected chi connectivity index (χ0v) is 18.2. The molecule has 0 bridgehead atoms. The molecule has 7 nitrogen and oxygen atoms in total. The monoisotopic (exact) mass is 484 g/mol. The zero-order valence-electron chi connectivity index (χ0n) is 15.1. The first-order valence-electron chi connectivity index (χ1n) is 8.13. The third-order valence-electron chi connectivity index (χ3n) is 3.38. The summed E-state index contributed by atoms with van der Waals surface area (Å²) in [6.45, 7) is 6.01. The molecular formula is C16H29IN4O3S. The first-order valence-corrected chi connectivity index (χ1v) is 9.74. The van der Waals surface area contributed by atoms with Crippen molar-refractivity contribution in [1.29, 1.82) is 0 Å². The van der Waals surface area contributed by atoms with E-state index >= 15 is 0 Å². The highest BCUT2D eigenvalue weighted by Gasteiger charge is 2.18. The molecule has 0 amide bonds. The Morgan fingerprint density at radius 1 is 1.12 bits per heavy atom. The molecular weight excluding hydrogens is 455 g/mol. The molecule has 0 heterocycles. The number of nitrogens with one attached hydrogen (secondary N) is 2. The first-order chi connectivity index (χ1) is 11.5. The van der Waals surface area contributed by atoms with Gasteiger partial charge in [-0.2, -0.15) is 0 Å². The van der Waals surface area contributed by atoms with Gasteiger partial charge in [0.2, 0.25) is 10.0 Å². The Kier molecular flexibility index (Phi) is 12.6. The normalized spacial score (nSPS) is 11.8. The summed E-state index contributed by atoms with van der Waals surface area (Å²) in [5.74, 6) is 1.41. The van der Waals surface area contributed by atoms with Gasteiger partial charge in [0, 0.05) is 26.7 Å². The van der Waals surface area contributed by atoms with Crippen LogP contribution in [0.5, 0.6) is 5.75 Å². The Morgan fingerprint density at radius 2 is 1.72 bits per heavy atom. The van der Waals surface area contributed by atoms with Crippen molar-refractivity contribution in [2.24, 2.45) is 4.99 Å². The van der Waals surface area contributed by atoms with Crippen LogP contribution in [0.15, 0.2) is 35.3 Å². The second-order valence-corrected chi connectivity index (χ2v) is 7.08. The standard InChI is InChI=1S/C16H28N4O3S.HI/c1-4-20(5-2)24(21,22)14-12-19-16(17-3)18-11-13-23-15-9-7-6-8-10-15;/h6-10H,4-5,11-14H2,1-3H3,(H2,17,18,19);1H. The summed E-state index contributed by atoms with van der Waals surface area (Å²) in [7, 11) is -1.58. The van der Waals surface area contributed by atoms with Crippen LogP contribution in [0.2, 0.25) is 0 Å². The third-order valence-corrected chi connectivity index (χ3v) is 5.40. The van der Waals surface area contributed by atoms with Crippen molar-refractivity contribution in [3.05, 3.63) is 30.3 Å². The molecule has 1 rings (SSSR count). The number of sulfonamides is 1. The summed E-state index contributed by atoms with van der Waals surface area (Å²) in [5.41, 5.74) is 0. The first kappa shape index (κ1) is 23.9. The minimum absolute atomic E-state index is 0. The van der Waals surface area contributed by atoms with Gasteiger partial charge in [0.05, 0.1) is 12.3 Å². The van der Waals surface area contributed by atoms with Crippen molar-refractivity contribution < 1.29 is 13.2 Å². The topological polar surface area (TPSA) is 83.0 Å². The number of hydrogen-bond acceptors (Lipinski definition) is 4. The fraction of sp³-hybridized carbons (Fsp3) is 0.562. The number of hydrogen-bond donors (Lipinski definition) is 2. The Balaban J connectivity index is 0.00000576. The van der Waals surface area contributed by atoms with E-state index in [-0.39, 0.29) is 29.7 Å². The van der Waals surface area contributed by atoms with Crippen LogP contribution in [0.1, 0.15) is 13.8 Å². The second kappa shape index (κ2) is 13.2. The van der Waals surface area contributed by atoms with Crippen LogP contribution >= 0.6 is 24.0 Å². The minimum Gasteiger partial charge on any atom is -0.492 e. The molecule has 0 spiro atoms. The number of nitrogens with zero attached hydrogens (tertiary/aromatic N) is 2. The minimum atomic E-state index is -3.22. The van der Waals surface area contributed by atoms with Gasteiger partial charge in [0.25, 0.3) is 0 Å². The van der Waals surface area contributed by atoms with Gasteiger partial charge in [-0.25, -0.2) is 12.7 Å². The molecule has 2 N–H and O–H groups in total. The number of rotatable bonds is 10. The molecule has 0 unspecified atom stereocenters. The summed E-state index contributed by atoms with van der Waals surface area (Å²) in [6, 6.07) is 9.55. The second-order valence-electron chi connectivity index (χ2n) is 4.99. The van der Waals surface area contributed by atoms with Gasteiger partial charge in [-0.15, -0.1) is 24.0 Å². The van der Waals surface area contributed by atoms with Gasteiger partial charge < -0.3 is 15.4 Å². The summed E-state index contributed by atoms with van der Waals surface area (Å²) in [4.78, 5) is 4.07. The van der Waals surface area contributed by atoms with E-state index < -0.39 is 10.0 Å². The third kappa shape index (κ3) is 9.26. The maximum atomic E-state index is 12.1. The van der Waals surface area contributed by atoms with Crippen LogP contribution in [0.3, 0.4) is 0 Å². The van der Waals surface area contributed by atoms with Crippen LogP contribution in [-0.2, 0) is 10.0 Å². The Labute approximate surface area is 168 Å². The van der Waals surface area contributed by atoms with Crippen molar-refractivity contribution in [1.82, 2.24) is 14.9 Å². The van der Waals surface area contributed by atoms with Crippen molar-refractivity contribution in [2.45, 2.75) is 13.8 Å². The average Bonchev–Trinajstić information content (AvgIpc) is 2.58. The highest BCUT2D eigenvalue weighted by Crippen LogP contribution is 2.07. The molecule has 0 aromatic heterocycles. The molecule has 0 fully saturated rings. The van der Waals surface area contributed by atoms with Crippen molar-refractivity contribution in [2.75, 3.05) is 45.6 Å². The van der Waals surface area contributed by atoms with Gasteiger partial charge in [0.1, 0.15) is 12.4 Å². The van der Waals surface area contributed by atoms with Gasteiger partial charge in [-0.05, 0) is 12.1 Å². The van der Waals surface area contributed by atoms with Gasteiger partial charge in [-0.3, -0.25) is 4.99 Å². The van der Waals surface area contributed by atoms with Gasteiger partial charge >= 0.3 is 0 Å². The number of benzene rings is 1. The predicted molar refractivity (Wildman–Crippen MR) is 113 cm³/mol. The van der Waals surface area contributed by atoms with Crippen molar-refractivity contribution >= 4 is 40.0 Å².